The summed E-state index contributed by atoms with van der Waals surface area (Å²) in [6.45, 7) is 1.45. The first-order valence-corrected chi connectivity index (χ1v) is 9.71. The maximum absolute atomic E-state index is 13.5. The van der Waals surface area contributed by atoms with Crippen molar-refractivity contribution in [3.8, 4) is 6.07 Å². The van der Waals surface area contributed by atoms with Crippen molar-refractivity contribution in [1.82, 2.24) is 9.29 Å². The number of carbonyl (C=O) groups excluding carboxylic acids is 1. The highest BCUT2D eigenvalue weighted by Gasteiger charge is 2.31. The molecule has 2 atom stereocenters. The van der Waals surface area contributed by atoms with Gasteiger partial charge in [0.05, 0.1) is 17.7 Å². The van der Waals surface area contributed by atoms with E-state index in [9.17, 15) is 22.7 Å². The molecule has 0 saturated heterocycles. The first kappa shape index (κ1) is 19.8. The Bertz CT molecular complexity index is 1130. The molecule has 146 valence electrons. The summed E-state index contributed by atoms with van der Waals surface area (Å²) < 4.78 is 42.4. The molecule has 0 aliphatic carbocycles. The SMILES string of the molecule is CC(O)[C@H]1C=Cc2c(cn(C)c2C(=O)Nc2ccc(F)c(C#N)c2)S(=O)(=O)N1. The van der Waals surface area contributed by atoms with Crippen LogP contribution in [0.25, 0.3) is 6.08 Å². The molecule has 0 fully saturated rings. The summed E-state index contributed by atoms with van der Waals surface area (Å²) in [7, 11) is -2.44. The van der Waals surface area contributed by atoms with Crippen LogP contribution in [0, 0.1) is 17.1 Å². The van der Waals surface area contributed by atoms with Crippen LogP contribution in [0.15, 0.2) is 35.4 Å². The fourth-order valence-electron chi connectivity index (χ4n) is 2.89. The number of aliphatic hydroxyl groups excluding tert-OH is 1. The number of benzene rings is 1. The zero-order chi connectivity index (χ0) is 20.6. The molecule has 10 heteroatoms. The van der Waals surface area contributed by atoms with Crippen molar-refractivity contribution in [2.24, 2.45) is 7.05 Å². The molecule has 8 nitrogen and oxygen atoms in total. The second kappa shape index (κ2) is 7.20. The number of halogens is 1. The molecule has 0 radical (unpaired) electrons. The van der Waals surface area contributed by atoms with E-state index in [1.807, 2.05) is 0 Å². The van der Waals surface area contributed by atoms with E-state index < -0.39 is 33.9 Å². The molecule has 1 aromatic carbocycles. The molecule has 3 N–H and O–H groups in total. The van der Waals surface area contributed by atoms with Crippen LogP contribution in [0.1, 0.15) is 28.5 Å². The van der Waals surface area contributed by atoms with E-state index >= 15 is 0 Å². The Labute approximate surface area is 161 Å². The quantitative estimate of drug-likeness (QED) is 0.712. The van der Waals surface area contributed by atoms with E-state index in [0.29, 0.717) is 0 Å². The number of hydrogen-bond acceptors (Lipinski definition) is 5. The lowest BCUT2D eigenvalue weighted by atomic mass is 10.1. The van der Waals surface area contributed by atoms with E-state index in [1.54, 1.807) is 6.07 Å². The predicted octanol–water partition coefficient (Wildman–Crippen LogP) is 1.34. The van der Waals surface area contributed by atoms with Crippen LogP contribution < -0.4 is 10.0 Å². The molecule has 1 amide bonds. The number of aliphatic hydroxyl groups is 1. The second-order valence-electron chi connectivity index (χ2n) is 6.37. The zero-order valence-electron chi connectivity index (χ0n) is 15.0. The van der Waals surface area contributed by atoms with Gasteiger partial charge >= 0.3 is 0 Å². The Morgan fingerprint density at radius 3 is 2.82 bits per heavy atom. The first-order chi connectivity index (χ1) is 13.1. The molecule has 0 bridgehead atoms. The summed E-state index contributed by atoms with van der Waals surface area (Å²) in [4.78, 5) is 12.7. The van der Waals surface area contributed by atoms with Crippen molar-refractivity contribution in [2.45, 2.75) is 24.0 Å². The molecular weight excluding hydrogens is 387 g/mol. The van der Waals surface area contributed by atoms with Crippen LogP contribution in [-0.4, -0.2) is 36.1 Å². The Balaban J connectivity index is 2.03. The van der Waals surface area contributed by atoms with Crippen molar-refractivity contribution < 1.29 is 22.7 Å². The predicted molar refractivity (Wildman–Crippen MR) is 99.3 cm³/mol. The highest BCUT2D eigenvalue weighted by molar-refractivity contribution is 7.89. The molecular formula is C18H17FN4O4S. The standard InChI is InChI=1S/C18H17FN4O4S/c1-10(24)15-6-4-13-16(28(26,27)22-15)9-23(2)17(13)18(25)21-12-3-5-14(19)11(7-12)8-20/h3-7,9-10,15,22,24H,1-2H3,(H,21,25)/t10?,15-/m1/s1. The third kappa shape index (κ3) is 3.55. The van der Waals surface area contributed by atoms with Crippen LogP contribution >= 0.6 is 0 Å². The van der Waals surface area contributed by atoms with Gasteiger partial charge < -0.3 is 15.0 Å². The van der Waals surface area contributed by atoms with E-state index in [0.717, 1.165) is 6.07 Å². The van der Waals surface area contributed by atoms with Gasteiger partial charge in [0.25, 0.3) is 5.91 Å². The lowest BCUT2D eigenvalue weighted by molar-refractivity contribution is 0.101. The Hall–Kier alpha value is -3.00. The maximum atomic E-state index is 13.5. The fraction of sp³-hybridized carbons (Fsp3) is 0.222. The van der Waals surface area contributed by atoms with Gasteiger partial charge in [-0.25, -0.2) is 17.5 Å². The monoisotopic (exact) mass is 404 g/mol. The van der Waals surface area contributed by atoms with Crippen molar-refractivity contribution >= 4 is 27.7 Å². The number of nitriles is 1. The number of carbonyl (C=O) groups is 1. The molecule has 3 rings (SSSR count). The van der Waals surface area contributed by atoms with Crippen molar-refractivity contribution in [1.29, 1.82) is 5.26 Å². The van der Waals surface area contributed by atoms with Crippen molar-refractivity contribution in [3.05, 3.63) is 53.1 Å². The van der Waals surface area contributed by atoms with Gasteiger partial charge in [-0.3, -0.25) is 4.79 Å². The lowest BCUT2D eigenvalue weighted by Crippen LogP contribution is -2.39. The number of rotatable bonds is 3. The van der Waals surface area contributed by atoms with E-state index in [1.165, 1.54) is 49.0 Å². The number of hydrogen-bond donors (Lipinski definition) is 3. The highest BCUT2D eigenvalue weighted by atomic mass is 32.2. The van der Waals surface area contributed by atoms with Crippen molar-refractivity contribution in [3.63, 3.8) is 0 Å². The lowest BCUT2D eigenvalue weighted by Gasteiger charge is -2.15. The average molecular weight is 404 g/mol. The van der Waals surface area contributed by atoms with E-state index in [2.05, 4.69) is 10.0 Å². The fourth-order valence-corrected chi connectivity index (χ4v) is 4.41. The van der Waals surface area contributed by atoms with Crippen LogP contribution in [-0.2, 0) is 17.1 Å². The van der Waals surface area contributed by atoms with Gasteiger partial charge in [-0.2, -0.15) is 5.26 Å². The number of anilines is 1. The summed E-state index contributed by atoms with van der Waals surface area (Å²) in [5.41, 5.74) is 0.192. The number of sulfonamides is 1. The number of aryl methyl sites for hydroxylation is 1. The molecule has 1 unspecified atom stereocenters. The molecule has 1 aliphatic heterocycles. The molecule has 2 aromatic rings. The minimum atomic E-state index is -3.96. The summed E-state index contributed by atoms with van der Waals surface area (Å²) in [6.07, 6.45) is 3.26. The summed E-state index contributed by atoms with van der Waals surface area (Å²) >= 11 is 0. The van der Waals surface area contributed by atoms with Gasteiger partial charge in [-0.05, 0) is 25.1 Å². The number of amides is 1. The molecule has 28 heavy (non-hydrogen) atoms. The molecule has 0 saturated carbocycles. The average Bonchev–Trinajstić information content (AvgIpc) is 2.90. The number of fused-ring (bicyclic) bond motifs is 1. The largest absolute Gasteiger partial charge is 0.391 e. The molecule has 0 spiro atoms. The molecule has 1 aromatic heterocycles. The normalized spacial score (nSPS) is 18.6. The third-order valence-corrected chi connectivity index (χ3v) is 5.80. The van der Waals surface area contributed by atoms with Gasteiger partial charge in [-0.15, -0.1) is 0 Å². The Morgan fingerprint density at radius 1 is 1.46 bits per heavy atom. The van der Waals surface area contributed by atoms with Crippen LogP contribution in [0.5, 0.6) is 0 Å². The topological polar surface area (TPSA) is 124 Å². The number of nitrogens with zero attached hydrogens (tertiary/aromatic N) is 2. The number of aromatic nitrogens is 1. The minimum absolute atomic E-state index is 0.0608. The van der Waals surface area contributed by atoms with Gasteiger partial charge in [0, 0.05) is 24.5 Å². The maximum Gasteiger partial charge on any atom is 0.272 e. The minimum Gasteiger partial charge on any atom is -0.391 e. The van der Waals surface area contributed by atoms with Gasteiger partial charge in [0.2, 0.25) is 10.0 Å². The molecule has 2 heterocycles. The summed E-state index contributed by atoms with van der Waals surface area (Å²) in [5, 5.41) is 21.2. The third-order valence-electron chi connectivity index (χ3n) is 4.31. The van der Waals surface area contributed by atoms with Gasteiger partial charge in [-0.1, -0.05) is 12.2 Å². The highest BCUT2D eigenvalue weighted by Crippen LogP contribution is 2.27. The second-order valence-corrected chi connectivity index (χ2v) is 8.06. The Morgan fingerprint density at radius 2 is 2.18 bits per heavy atom. The van der Waals surface area contributed by atoms with Crippen LogP contribution in [0.2, 0.25) is 0 Å². The summed E-state index contributed by atoms with van der Waals surface area (Å²) in [6, 6.07) is 4.39. The van der Waals surface area contributed by atoms with E-state index in [-0.39, 0.29) is 27.4 Å². The van der Waals surface area contributed by atoms with E-state index in [4.69, 9.17) is 5.26 Å². The van der Waals surface area contributed by atoms with Crippen LogP contribution in [0.4, 0.5) is 10.1 Å². The first-order valence-electron chi connectivity index (χ1n) is 8.23. The van der Waals surface area contributed by atoms with Gasteiger partial charge in [0.15, 0.2) is 0 Å². The smallest absolute Gasteiger partial charge is 0.272 e. The summed E-state index contributed by atoms with van der Waals surface area (Å²) in [5.74, 6) is -1.34. The van der Waals surface area contributed by atoms with Crippen molar-refractivity contribution in [2.75, 3.05) is 5.32 Å². The number of nitrogens with one attached hydrogen (secondary N) is 2. The Kier molecular flexibility index (Phi) is 5.08. The zero-order valence-corrected chi connectivity index (χ0v) is 15.8. The van der Waals surface area contributed by atoms with Gasteiger partial charge in [0.1, 0.15) is 22.5 Å². The van der Waals surface area contributed by atoms with Crippen LogP contribution in [0.3, 0.4) is 0 Å². The molecule has 1 aliphatic rings.